The highest BCUT2D eigenvalue weighted by Gasteiger charge is 2.38. The summed E-state index contributed by atoms with van der Waals surface area (Å²) in [4.78, 5) is 40.0. The second-order valence-electron chi connectivity index (χ2n) is 6.48. The molecule has 0 atom stereocenters. The van der Waals surface area contributed by atoms with Crippen molar-refractivity contribution in [1.29, 1.82) is 0 Å². The number of amides is 3. The second-order valence-corrected chi connectivity index (χ2v) is 8.32. The molecule has 2 aromatic rings. The van der Waals surface area contributed by atoms with Crippen LogP contribution in [-0.2, 0) is 11.8 Å². The number of hydrogen-bond donors (Lipinski definition) is 0. The number of imide groups is 1. The number of carbonyl (C=O) groups is 3. The maximum Gasteiger partial charge on any atom is 0.289 e. The molecule has 0 aliphatic carbocycles. The molecule has 1 aromatic heterocycles. The molecule has 9 heteroatoms. The number of hydrogen-bond acceptors (Lipinski definition) is 5. The number of fused-ring (bicyclic) bond motifs is 1. The fraction of sp³-hybridized carbons (Fsp3) is 0.412. The summed E-state index contributed by atoms with van der Waals surface area (Å²) in [5.74, 6) is 0.0476. The summed E-state index contributed by atoms with van der Waals surface area (Å²) in [6.07, 6.45) is 1.23. The van der Waals surface area contributed by atoms with E-state index in [1.807, 2.05) is 18.2 Å². The minimum absolute atomic E-state index is 0.0655. The average Bonchev–Trinajstić information content (AvgIpc) is 3.12. The molecule has 0 radical (unpaired) electrons. The maximum absolute atomic E-state index is 13.0. The lowest BCUT2D eigenvalue weighted by molar-refractivity contribution is -0.126. The Kier molecular flexibility index (Phi) is 4.52. The highest BCUT2D eigenvalue weighted by Crippen LogP contribution is 2.28. The molecule has 0 spiro atoms. The fourth-order valence-corrected chi connectivity index (χ4v) is 4.75. The Bertz CT molecular complexity index is 904. The summed E-state index contributed by atoms with van der Waals surface area (Å²) in [5.41, 5.74) is 1.33. The van der Waals surface area contributed by atoms with Crippen LogP contribution in [0, 0.1) is 0 Å². The van der Waals surface area contributed by atoms with Gasteiger partial charge in [0.15, 0.2) is 0 Å². The Morgan fingerprint density at radius 1 is 1.27 bits per heavy atom. The molecule has 26 heavy (non-hydrogen) atoms. The zero-order valence-electron chi connectivity index (χ0n) is 14.1. The fourth-order valence-electron chi connectivity index (χ4n) is 3.62. The predicted molar refractivity (Wildman–Crippen MR) is 102 cm³/mol. The van der Waals surface area contributed by atoms with Crippen molar-refractivity contribution in [2.45, 2.75) is 18.9 Å². The van der Waals surface area contributed by atoms with E-state index in [1.165, 1.54) is 4.90 Å². The average molecular weight is 437 g/mol. The predicted octanol–water partition coefficient (Wildman–Crippen LogP) is 2.64. The number of aromatic nitrogens is 2. The third kappa shape index (κ3) is 2.92. The van der Waals surface area contributed by atoms with E-state index in [-0.39, 0.29) is 28.8 Å². The molecule has 3 amide bonds. The van der Waals surface area contributed by atoms with Gasteiger partial charge in [0.05, 0.1) is 11.3 Å². The molecular weight excluding hydrogens is 420 g/mol. The minimum Gasteiger partial charge on any atom is -0.337 e. The van der Waals surface area contributed by atoms with Crippen molar-refractivity contribution in [3.05, 3.63) is 28.4 Å². The molecule has 136 valence electrons. The van der Waals surface area contributed by atoms with Crippen LogP contribution in [0.4, 0.5) is 4.79 Å². The third-order valence-corrected chi connectivity index (χ3v) is 6.23. The van der Waals surface area contributed by atoms with Gasteiger partial charge in [0, 0.05) is 36.0 Å². The van der Waals surface area contributed by atoms with Gasteiger partial charge in [-0.15, -0.1) is 0 Å². The number of carbonyl (C=O) groups excluding carboxylic acids is 3. The highest BCUT2D eigenvalue weighted by molar-refractivity contribution is 9.10. The first-order chi connectivity index (χ1) is 12.5. The van der Waals surface area contributed by atoms with Gasteiger partial charge in [-0.1, -0.05) is 27.7 Å². The molecule has 2 aliphatic heterocycles. The van der Waals surface area contributed by atoms with Crippen molar-refractivity contribution in [2.75, 3.05) is 18.8 Å². The van der Waals surface area contributed by atoms with Crippen molar-refractivity contribution < 1.29 is 14.4 Å². The van der Waals surface area contributed by atoms with Crippen LogP contribution >= 0.6 is 27.7 Å². The van der Waals surface area contributed by atoms with Gasteiger partial charge in [-0.3, -0.25) is 24.0 Å². The normalized spacial score (nSPS) is 19.0. The Morgan fingerprint density at radius 3 is 2.65 bits per heavy atom. The van der Waals surface area contributed by atoms with Crippen molar-refractivity contribution in [2.24, 2.45) is 7.05 Å². The summed E-state index contributed by atoms with van der Waals surface area (Å²) >= 11 is 4.48. The van der Waals surface area contributed by atoms with E-state index in [2.05, 4.69) is 21.0 Å². The van der Waals surface area contributed by atoms with Gasteiger partial charge >= 0.3 is 0 Å². The van der Waals surface area contributed by atoms with Crippen molar-refractivity contribution in [3.8, 4) is 0 Å². The number of benzene rings is 1. The number of aryl methyl sites for hydroxylation is 1. The summed E-state index contributed by atoms with van der Waals surface area (Å²) in [6.45, 7) is 1.04. The lowest BCUT2D eigenvalue weighted by atomic mass is 10.0. The van der Waals surface area contributed by atoms with Crippen LogP contribution in [0.25, 0.3) is 10.9 Å². The van der Waals surface area contributed by atoms with Crippen molar-refractivity contribution in [1.82, 2.24) is 19.6 Å². The summed E-state index contributed by atoms with van der Waals surface area (Å²) in [7, 11) is 1.77. The molecular formula is C17H17BrN4O3S. The molecule has 2 saturated heterocycles. The Labute approximate surface area is 162 Å². The Balaban J connectivity index is 1.52. The van der Waals surface area contributed by atoms with Crippen LogP contribution in [0.3, 0.4) is 0 Å². The lowest BCUT2D eigenvalue weighted by Gasteiger charge is -2.35. The topological polar surface area (TPSA) is 75.5 Å². The quantitative estimate of drug-likeness (QED) is 0.722. The van der Waals surface area contributed by atoms with E-state index in [9.17, 15) is 14.4 Å². The largest absolute Gasteiger partial charge is 0.337 e. The molecule has 3 heterocycles. The molecule has 0 saturated carbocycles. The van der Waals surface area contributed by atoms with Crippen molar-refractivity contribution >= 4 is 55.6 Å². The standard InChI is InChI=1S/C17H17BrN4O3S/c1-20-15(12-3-2-10(18)8-13(12)19-20)16(24)21-6-4-11(5-7-21)22-14(23)9-26-17(22)25/h2-3,8,11H,4-7,9H2,1H3. The number of rotatable bonds is 2. The number of nitrogens with zero attached hydrogens (tertiary/aromatic N) is 4. The SMILES string of the molecule is Cn1nc2cc(Br)ccc2c1C(=O)N1CCC(N2C(=O)CSC2=O)CC1. The third-order valence-electron chi connectivity index (χ3n) is 4.90. The van der Waals surface area contributed by atoms with Gasteiger partial charge in [0.2, 0.25) is 5.91 Å². The first-order valence-electron chi connectivity index (χ1n) is 8.36. The first kappa shape index (κ1) is 17.5. The highest BCUT2D eigenvalue weighted by atomic mass is 79.9. The molecule has 4 rings (SSSR count). The molecule has 0 unspecified atom stereocenters. The molecule has 0 N–H and O–H groups in total. The van der Waals surface area contributed by atoms with Gasteiger partial charge in [-0.25, -0.2) is 0 Å². The minimum atomic E-state index is -0.164. The van der Waals surface area contributed by atoms with Crippen LogP contribution in [0.1, 0.15) is 23.3 Å². The van der Waals surface area contributed by atoms with E-state index in [4.69, 9.17) is 0 Å². The zero-order valence-corrected chi connectivity index (χ0v) is 16.5. The molecule has 2 fully saturated rings. The molecule has 7 nitrogen and oxygen atoms in total. The van der Waals surface area contributed by atoms with Gasteiger partial charge in [-0.2, -0.15) is 5.10 Å². The lowest BCUT2D eigenvalue weighted by Crippen LogP contribution is -2.48. The van der Waals surface area contributed by atoms with Gasteiger partial charge < -0.3 is 4.90 Å². The van der Waals surface area contributed by atoms with E-state index in [0.29, 0.717) is 31.6 Å². The van der Waals surface area contributed by atoms with Gasteiger partial charge in [0.25, 0.3) is 11.1 Å². The van der Waals surface area contributed by atoms with Crippen LogP contribution in [0.5, 0.6) is 0 Å². The van der Waals surface area contributed by atoms with E-state index in [1.54, 1.807) is 16.6 Å². The summed E-state index contributed by atoms with van der Waals surface area (Å²) < 4.78 is 2.54. The van der Waals surface area contributed by atoms with E-state index in [0.717, 1.165) is 27.1 Å². The summed E-state index contributed by atoms with van der Waals surface area (Å²) in [5, 5.41) is 5.09. The first-order valence-corrected chi connectivity index (χ1v) is 10.1. The van der Waals surface area contributed by atoms with Crippen LogP contribution < -0.4 is 0 Å². The smallest absolute Gasteiger partial charge is 0.289 e. The number of halogens is 1. The van der Waals surface area contributed by atoms with Gasteiger partial charge in [-0.05, 0) is 31.0 Å². The Morgan fingerprint density at radius 2 is 2.00 bits per heavy atom. The van der Waals surface area contributed by atoms with Crippen LogP contribution in [0.15, 0.2) is 22.7 Å². The van der Waals surface area contributed by atoms with E-state index >= 15 is 0 Å². The molecule has 0 bridgehead atoms. The van der Waals surface area contributed by atoms with E-state index < -0.39 is 0 Å². The van der Waals surface area contributed by atoms with Gasteiger partial charge in [0.1, 0.15) is 5.69 Å². The number of likely N-dealkylation sites (tertiary alicyclic amines) is 1. The number of thioether (sulfide) groups is 1. The zero-order chi connectivity index (χ0) is 18.4. The number of piperidine rings is 1. The molecule has 2 aliphatic rings. The monoisotopic (exact) mass is 436 g/mol. The van der Waals surface area contributed by atoms with Crippen LogP contribution in [0.2, 0.25) is 0 Å². The summed E-state index contributed by atoms with van der Waals surface area (Å²) in [6, 6.07) is 5.58. The maximum atomic E-state index is 13.0. The van der Waals surface area contributed by atoms with Crippen molar-refractivity contribution in [3.63, 3.8) is 0 Å². The Hall–Kier alpha value is -1.87. The molecule has 1 aromatic carbocycles. The van der Waals surface area contributed by atoms with Crippen LogP contribution in [-0.4, -0.2) is 61.5 Å². The second kappa shape index (κ2) is 6.70.